The Morgan fingerprint density at radius 2 is 2.29 bits per heavy atom. The first kappa shape index (κ1) is 10.9. The van der Waals surface area contributed by atoms with Crippen molar-refractivity contribution >= 4 is 21.6 Å². The van der Waals surface area contributed by atoms with Gasteiger partial charge in [-0.15, -0.1) is 11.8 Å². The molecule has 0 radical (unpaired) electrons. The van der Waals surface area contributed by atoms with Crippen LogP contribution in [-0.4, -0.2) is 6.61 Å². The average Bonchev–Trinajstić information content (AvgIpc) is 2.19. The van der Waals surface area contributed by atoms with Crippen LogP contribution >= 0.6 is 15.9 Å². The zero-order valence-electron chi connectivity index (χ0n) is 8.01. The van der Waals surface area contributed by atoms with E-state index >= 15 is 0 Å². The van der Waals surface area contributed by atoms with Crippen molar-refractivity contribution in [2.45, 2.75) is 13.3 Å². The maximum atomic E-state index is 5.70. The van der Waals surface area contributed by atoms with Crippen molar-refractivity contribution in [2.75, 3.05) is 12.3 Å². The molecule has 0 atom stereocenters. The van der Waals surface area contributed by atoms with E-state index in [1.165, 1.54) is 0 Å². The second-order valence-electron chi connectivity index (χ2n) is 2.68. The molecule has 3 heteroatoms. The number of benzene rings is 1. The van der Waals surface area contributed by atoms with Crippen LogP contribution in [0.25, 0.3) is 0 Å². The van der Waals surface area contributed by atoms with E-state index in [9.17, 15) is 0 Å². The fourth-order valence-corrected chi connectivity index (χ4v) is 1.36. The fraction of sp³-hybridized carbons (Fsp3) is 0.273. The summed E-state index contributed by atoms with van der Waals surface area (Å²) in [4.78, 5) is 0. The Hall–Kier alpha value is -1.14. The van der Waals surface area contributed by atoms with Crippen molar-refractivity contribution in [3.05, 3.63) is 22.7 Å². The molecule has 0 saturated heterocycles. The molecular weight excluding hydrogens is 242 g/mol. The van der Waals surface area contributed by atoms with Gasteiger partial charge < -0.3 is 10.5 Å². The second kappa shape index (κ2) is 5.56. The largest absolute Gasteiger partial charge is 0.491 e. The molecule has 0 bridgehead atoms. The predicted molar refractivity (Wildman–Crippen MR) is 62.1 cm³/mol. The standard InChI is InChI=1S/C11H12BrNO/c1-2-3-4-8-14-10-7-5-6-9(13)11(10)12/h5-7H,4,8,13H2,1H3. The third-order valence-corrected chi connectivity index (χ3v) is 2.50. The van der Waals surface area contributed by atoms with Crippen LogP contribution in [0.4, 0.5) is 5.69 Å². The molecule has 0 saturated carbocycles. The Balaban J connectivity index is 2.57. The molecule has 0 spiro atoms. The maximum absolute atomic E-state index is 5.70. The topological polar surface area (TPSA) is 35.2 Å². The first-order valence-electron chi connectivity index (χ1n) is 4.32. The third-order valence-electron chi connectivity index (χ3n) is 1.65. The van der Waals surface area contributed by atoms with Crippen molar-refractivity contribution in [1.29, 1.82) is 0 Å². The molecule has 2 N–H and O–H groups in total. The van der Waals surface area contributed by atoms with E-state index in [-0.39, 0.29) is 0 Å². The molecule has 74 valence electrons. The minimum absolute atomic E-state index is 0.586. The molecule has 1 aromatic rings. The highest BCUT2D eigenvalue weighted by molar-refractivity contribution is 9.10. The van der Waals surface area contributed by atoms with E-state index in [4.69, 9.17) is 10.5 Å². The summed E-state index contributed by atoms with van der Waals surface area (Å²) < 4.78 is 6.30. The maximum Gasteiger partial charge on any atom is 0.135 e. The highest BCUT2D eigenvalue weighted by atomic mass is 79.9. The van der Waals surface area contributed by atoms with Gasteiger partial charge in [0, 0.05) is 12.1 Å². The first-order chi connectivity index (χ1) is 6.75. The summed E-state index contributed by atoms with van der Waals surface area (Å²) in [5.41, 5.74) is 6.38. The Bertz CT molecular complexity index is 365. The lowest BCUT2D eigenvalue weighted by Crippen LogP contribution is -1.98. The SMILES string of the molecule is CC#CCCOc1cccc(N)c1Br. The van der Waals surface area contributed by atoms with Crippen molar-refractivity contribution in [3.8, 4) is 17.6 Å². The molecule has 0 aromatic heterocycles. The van der Waals surface area contributed by atoms with E-state index < -0.39 is 0 Å². The molecule has 14 heavy (non-hydrogen) atoms. The lowest BCUT2D eigenvalue weighted by atomic mass is 10.3. The van der Waals surface area contributed by atoms with Gasteiger partial charge in [-0.05, 0) is 35.0 Å². The highest BCUT2D eigenvalue weighted by Gasteiger charge is 2.02. The van der Waals surface area contributed by atoms with Crippen LogP contribution in [0.15, 0.2) is 22.7 Å². The summed E-state index contributed by atoms with van der Waals surface area (Å²) in [5, 5.41) is 0. The second-order valence-corrected chi connectivity index (χ2v) is 3.48. The third kappa shape index (κ3) is 2.97. The van der Waals surface area contributed by atoms with Gasteiger partial charge in [-0.25, -0.2) is 0 Å². The van der Waals surface area contributed by atoms with Gasteiger partial charge in [-0.2, -0.15) is 0 Å². The molecule has 0 unspecified atom stereocenters. The van der Waals surface area contributed by atoms with Crippen LogP contribution < -0.4 is 10.5 Å². The molecule has 0 heterocycles. The van der Waals surface area contributed by atoms with E-state index in [0.717, 1.165) is 16.6 Å². The summed E-state index contributed by atoms with van der Waals surface area (Å²) in [6, 6.07) is 5.56. The Morgan fingerprint density at radius 1 is 1.50 bits per heavy atom. The van der Waals surface area contributed by atoms with Gasteiger partial charge in [0.25, 0.3) is 0 Å². The molecule has 0 fully saturated rings. The van der Waals surface area contributed by atoms with E-state index in [1.807, 2.05) is 25.1 Å². The summed E-state index contributed by atoms with van der Waals surface area (Å²) in [6.45, 7) is 2.40. The Labute approximate surface area is 92.6 Å². The number of hydrogen-bond acceptors (Lipinski definition) is 2. The van der Waals surface area contributed by atoms with Crippen molar-refractivity contribution in [2.24, 2.45) is 0 Å². The number of anilines is 1. The van der Waals surface area contributed by atoms with Crippen LogP contribution in [0.3, 0.4) is 0 Å². The number of nitrogens with two attached hydrogens (primary N) is 1. The highest BCUT2D eigenvalue weighted by Crippen LogP contribution is 2.30. The van der Waals surface area contributed by atoms with Gasteiger partial charge >= 0.3 is 0 Å². The van der Waals surface area contributed by atoms with Gasteiger partial charge in [0.05, 0.1) is 11.1 Å². The first-order valence-corrected chi connectivity index (χ1v) is 5.11. The van der Waals surface area contributed by atoms with E-state index in [2.05, 4.69) is 27.8 Å². The van der Waals surface area contributed by atoms with Gasteiger partial charge in [-0.1, -0.05) is 6.07 Å². The van der Waals surface area contributed by atoms with Gasteiger partial charge in [0.1, 0.15) is 5.75 Å². The van der Waals surface area contributed by atoms with Crippen molar-refractivity contribution in [1.82, 2.24) is 0 Å². The smallest absolute Gasteiger partial charge is 0.135 e. The minimum atomic E-state index is 0.586. The monoisotopic (exact) mass is 253 g/mol. The molecule has 0 aliphatic heterocycles. The Kier molecular flexibility index (Phi) is 4.34. The lowest BCUT2D eigenvalue weighted by molar-refractivity contribution is 0.325. The average molecular weight is 254 g/mol. The minimum Gasteiger partial charge on any atom is -0.491 e. The van der Waals surface area contributed by atoms with Gasteiger partial charge in [0.2, 0.25) is 0 Å². The van der Waals surface area contributed by atoms with Crippen LogP contribution in [0.1, 0.15) is 13.3 Å². The van der Waals surface area contributed by atoms with Crippen molar-refractivity contribution < 1.29 is 4.74 Å². The quantitative estimate of drug-likeness (QED) is 0.511. The summed E-state index contributed by atoms with van der Waals surface area (Å²) in [5.74, 6) is 6.51. The number of halogens is 1. The number of hydrogen-bond donors (Lipinski definition) is 1. The van der Waals surface area contributed by atoms with Crippen LogP contribution in [0.2, 0.25) is 0 Å². The summed E-state index contributed by atoms with van der Waals surface area (Å²) in [7, 11) is 0. The Morgan fingerprint density at radius 3 is 3.00 bits per heavy atom. The summed E-state index contributed by atoms with van der Waals surface area (Å²) >= 11 is 3.36. The van der Waals surface area contributed by atoms with E-state index in [1.54, 1.807) is 0 Å². The van der Waals surface area contributed by atoms with Gasteiger partial charge in [0.15, 0.2) is 0 Å². The molecule has 0 aliphatic rings. The molecule has 1 rings (SSSR count). The zero-order valence-corrected chi connectivity index (χ0v) is 9.60. The molecule has 0 amide bonds. The zero-order chi connectivity index (χ0) is 10.4. The normalized spacial score (nSPS) is 9.00. The van der Waals surface area contributed by atoms with E-state index in [0.29, 0.717) is 12.3 Å². The lowest BCUT2D eigenvalue weighted by Gasteiger charge is -2.07. The summed E-state index contributed by atoms with van der Waals surface area (Å²) in [6.07, 6.45) is 0.734. The number of rotatable bonds is 3. The van der Waals surface area contributed by atoms with Gasteiger partial charge in [-0.3, -0.25) is 0 Å². The number of ether oxygens (including phenoxy) is 1. The van der Waals surface area contributed by atoms with Crippen molar-refractivity contribution in [3.63, 3.8) is 0 Å². The van der Waals surface area contributed by atoms with Crippen LogP contribution in [0, 0.1) is 11.8 Å². The fourth-order valence-electron chi connectivity index (χ4n) is 0.976. The van der Waals surface area contributed by atoms with Crippen LogP contribution in [-0.2, 0) is 0 Å². The molecule has 2 nitrogen and oxygen atoms in total. The molecular formula is C11H12BrNO. The van der Waals surface area contributed by atoms with Crippen LogP contribution in [0.5, 0.6) is 5.75 Å². The molecule has 1 aromatic carbocycles. The number of nitrogen functional groups attached to an aromatic ring is 1. The molecule has 0 aliphatic carbocycles. The predicted octanol–water partition coefficient (Wildman–Crippen LogP) is 2.82.